The minimum Gasteiger partial charge on any atom is -0.350 e. The van der Waals surface area contributed by atoms with Crippen LogP contribution in [0, 0.1) is 5.41 Å². The van der Waals surface area contributed by atoms with E-state index in [0.717, 1.165) is 0 Å². The van der Waals surface area contributed by atoms with Crippen LogP contribution in [0.5, 0.6) is 0 Å². The molecule has 1 atom stereocenters. The molecule has 0 saturated carbocycles. The molecule has 0 bridgehead atoms. The Hall–Kier alpha value is -0.770. The second-order valence-electron chi connectivity index (χ2n) is 3.72. The van der Waals surface area contributed by atoms with Crippen LogP contribution in [0.3, 0.4) is 0 Å². The number of urea groups is 1. The Morgan fingerprint density at radius 2 is 1.91 bits per heavy atom. The van der Waals surface area contributed by atoms with Gasteiger partial charge in [-0.05, 0) is 12.3 Å². The zero-order valence-electron chi connectivity index (χ0n) is 7.46. The molecule has 0 aliphatic carbocycles. The van der Waals surface area contributed by atoms with E-state index < -0.39 is 6.03 Å². The van der Waals surface area contributed by atoms with Gasteiger partial charge in [0.1, 0.15) is 0 Å². The lowest BCUT2D eigenvalue weighted by Gasteiger charge is -2.32. The minimum atomic E-state index is -0.813. The van der Waals surface area contributed by atoms with Gasteiger partial charge in [-0.1, -0.05) is 20.8 Å². The molecular formula is C7H16N2O2. The monoisotopic (exact) mass is 160 g/mol. The molecule has 0 rings (SSSR count). The zero-order chi connectivity index (χ0) is 9.23. The molecule has 2 amide bonds. The fourth-order valence-corrected chi connectivity index (χ4v) is 0.558. The van der Waals surface area contributed by atoms with Crippen molar-refractivity contribution in [3.8, 4) is 0 Å². The van der Waals surface area contributed by atoms with Crippen LogP contribution in [0.25, 0.3) is 0 Å². The van der Waals surface area contributed by atoms with Gasteiger partial charge < -0.3 is 5.73 Å². The van der Waals surface area contributed by atoms with Crippen molar-refractivity contribution in [2.75, 3.05) is 0 Å². The van der Waals surface area contributed by atoms with E-state index in [1.807, 2.05) is 20.8 Å². The number of nitrogens with zero attached hydrogens (tertiary/aromatic N) is 1. The number of hydrogen-bond acceptors (Lipinski definition) is 2. The molecule has 0 spiro atoms. The summed E-state index contributed by atoms with van der Waals surface area (Å²) in [4.78, 5) is 10.5. The molecule has 0 aromatic heterocycles. The van der Waals surface area contributed by atoms with E-state index in [-0.39, 0.29) is 11.5 Å². The van der Waals surface area contributed by atoms with Gasteiger partial charge in [0.05, 0.1) is 6.04 Å². The first-order valence-corrected chi connectivity index (χ1v) is 3.54. The van der Waals surface area contributed by atoms with E-state index in [2.05, 4.69) is 0 Å². The summed E-state index contributed by atoms with van der Waals surface area (Å²) in [6, 6.07) is -1.09. The second kappa shape index (κ2) is 3.09. The third kappa shape index (κ3) is 2.76. The van der Waals surface area contributed by atoms with Crippen molar-refractivity contribution in [1.29, 1.82) is 0 Å². The van der Waals surface area contributed by atoms with Gasteiger partial charge in [-0.3, -0.25) is 5.21 Å². The number of hydrogen-bond donors (Lipinski definition) is 2. The van der Waals surface area contributed by atoms with E-state index in [1.165, 1.54) is 0 Å². The molecule has 0 radical (unpaired) electrons. The molecule has 3 N–H and O–H groups in total. The van der Waals surface area contributed by atoms with Crippen LogP contribution in [-0.2, 0) is 0 Å². The van der Waals surface area contributed by atoms with Crippen LogP contribution < -0.4 is 5.73 Å². The summed E-state index contributed by atoms with van der Waals surface area (Å²) < 4.78 is 0. The first kappa shape index (κ1) is 10.2. The van der Waals surface area contributed by atoms with Crippen molar-refractivity contribution in [3.05, 3.63) is 0 Å². The molecular weight excluding hydrogens is 144 g/mol. The topological polar surface area (TPSA) is 66.6 Å². The Balaban J connectivity index is 4.25. The van der Waals surface area contributed by atoms with E-state index in [4.69, 9.17) is 10.9 Å². The van der Waals surface area contributed by atoms with Gasteiger partial charge in [0.2, 0.25) is 0 Å². The van der Waals surface area contributed by atoms with Crippen LogP contribution in [0.15, 0.2) is 0 Å². The van der Waals surface area contributed by atoms with E-state index in [9.17, 15) is 4.79 Å². The fraction of sp³-hybridized carbons (Fsp3) is 0.857. The van der Waals surface area contributed by atoms with E-state index >= 15 is 0 Å². The largest absolute Gasteiger partial charge is 0.350 e. The maximum absolute atomic E-state index is 10.5. The Bertz CT molecular complexity index is 151. The fourth-order valence-electron chi connectivity index (χ4n) is 0.558. The van der Waals surface area contributed by atoms with Crippen molar-refractivity contribution >= 4 is 6.03 Å². The highest BCUT2D eigenvalue weighted by Gasteiger charge is 2.27. The standard InChI is InChI=1S/C7H16N2O2/c1-5(7(2,3)4)9(11)6(8)10/h5,11H,1-4H3,(H2,8,10). The van der Waals surface area contributed by atoms with Crippen molar-refractivity contribution in [3.63, 3.8) is 0 Å². The van der Waals surface area contributed by atoms with Crippen LogP contribution in [0.2, 0.25) is 0 Å². The number of carbonyl (C=O) groups excluding carboxylic acids is 1. The Labute approximate surface area is 66.9 Å². The molecule has 4 nitrogen and oxygen atoms in total. The number of amides is 2. The SMILES string of the molecule is CC(N(O)C(N)=O)C(C)(C)C. The average Bonchev–Trinajstić information content (AvgIpc) is 1.82. The third-order valence-electron chi connectivity index (χ3n) is 1.85. The lowest BCUT2D eigenvalue weighted by molar-refractivity contribution is -0.0983. The lowest BCUT2D eigenvalue weighted by Crippen LogP contribution is -2.45. The van der Waals surface area contributed by atoms with Gasteiger partial charge in [-0.2, -0.15) is 0 Å². The molecule has 66 valence electrons. The highest BCUT2D eigenvalue weighted by Crippen LogP contribution is 2.22. The van der Waals surface area contributed by atoms with Crippen LogP contribution >= 0.6 is 0 Å². The summed E-state index contributed by atoms with van der Waals surface area (Å²) in [6.07, 6.45) is 0. The van der Waals surface area contributed by atoms with Gasteiger partial charge in [-0.15, -0.1) is 0 Å². The molecule has 1 unspecified atom stereocenters. The number of nitrogens with two attached hydrogens (primary N) is 1. The number of rotatable bonds is 1. The Morgan fingerprint density at radius 1 is 1.55 bits per heavy atom. The normalized spacial score (nSPS) is 14.3. The Morgan fingerprint density at radius 3 is 2.00 bits per heavy atom. The quantitative estimate of drug-likeness (QED) is 0.447. The van der Waals surface area contributed by atoms with Gasteiger partial charge >= 0.3 is 6.03 Å². The number of hydroxylamine groups is 2. The van der Waals surface area contributed by atoms with E-state index in [0.29, 0.717) is 5.06 Å². The van der Waals surface area contributed by atoms with E-state index in [1.54, 1.807) is 6.92 Å². The van der Waals surface area contributed by atoms with Gasteiger partial charge in [0.25, 0.3) is 0 Å². The zero-order valence-corrected chi connectivity index (χ0v) is 7.46. The predicted octanol–water partition coefficient (Wildman–Crippen LogP) is 1.19. The van der Waals surface area contributed by atoms with Crippen molar-refractivity contribution in [1.82, 2.24) is 5.06 Å². The van der Waals surface area contributed by atoms with Gasteiger partial charge in [-0.25, -0.2) is 9.86 Å². The molecule has 0 fully saturated rings. The lowest BCUT2D eigenvalue weighted by atomic mass is 9.88. The summed E-state index contributed by atoms with van der Waals surface area (Å²) >= 11 is 0. The van der Waals surface area contributed by atoms with Crippen molar-refractivity contribution < 1.29 is 10.0 Å². The summed E-state index contributed by atoms with van der Waals surface area (Å²) in [5.74, 6) is 0. The maximum Gasteiger partial charge on any atom is 0.338 e. The summed E-state index contributed by atoms with van der Waals surface area (Å²) in [5, 5.41) is 9.64. The molecule has 4 heteroatoms. The third-order valence-corrected chi connectivity index (χ3v) is 1.85. The first-order valence-electron chi connectivity index (χ1n) is 3.54. The summed E-state index contributed by atoms with van der Waals surface area (Å²) in [7, 11) is 0. The average molecular weight is 160 g/mol. The molecule has 0 heterocycles. The highest BCUT2D eigenvalue weighted by molar-refractivity contribution is 5.70. The van der Waals surface area contributed by atoms with Crippen molar-refractivity contribution in [2.24, 2.45) is 11.1 Å². The molecule has 11 heavy (non-hydrogen) atoms. The van der Waals surface area contributed by atoms with Crippen molar-refractivity contribution in [2.45, 2.75) is 33.7 Å². The first-order chi connectivity index (χ1) is 4.76. The number of carbonyl (C=O) groups is 1. The highest BCUT2D eigenvalue weighted by atomic mass is 16.5. The Kier molecular flexibility index (Phi) is 2.87. The van der Waals surface area contributed by atoms with Gasteiger partial charge in [0, 0.05) is 0 Å². The maximum atomic E-state index is 10.5. The smallest absolute Gasteiger partial charge is 0.338 e. The van der Waals surface area contributed by atoms with Crippen LogP contribution in [0.1, 0.15) is 27.7 Å². The molecule has 0 aromatic rings. The molecule has 0 saturated heterocycles. The molecule has 0 aliphatic heterocycles. The molecule has 0 aliphatic rings. The minimum absolute atomic E-state index is 0.163. The second-order valence-corrected chi connectivity index (χ2v) is 3.72. The number of primary amides is 1. The summed E-state index contributed by atoms with van der Waals surface area (Å²) in [5.41, 5.74) is 4.71. The molecule has 0 aromatic carbocycles. The van der Waals surface area contributed by atoms with Gasteiger partial charge in [0.15, 0.2) is 0 Å². The predicted molar refractivity (Wildman–Crippen MR) is 42.1 cm³/mol. The van der Waals surface area contributed by atoms with Crippen LogP contribution in [0.4, 0.5) is 4.79 Å². The summed E-state index contributed by atoms with van der Waals surface area (Å²) in [6.45, 7) is 7.50. The van der Waals surface area contributed by atoms with Crippen LogP contribution in [-0.4, -0.2) is 22.3 Å².